The number of fused-ring (bicyclic) bond motifs is 1. The van der Waals surface area contributed by atoms with Gasteiger partial charge in [0, 0.05) is 5.75 Å². The molecule has 1 amide bonds. The maximum absolute atomic E-state index is 14.8. The summed E-state index contributed by atoms with van der Waals surface area (Å²) in [4.78, 5) is 21.1. The third kappa shape index (κ3) is 4.58. The van der Waals surface area contributed by atoms with E-state index >= 15 is 0 Å². The summed E-state index contributed by atoms with van der Waals surface area (Å²) in [6.07, 6.45) is 1.21. The van der Waals surface area contributed by atoms with Gasteiger partial charge in [0.05, 0.1) is 27.9 Å². The third-order valence-corrected chi connectivity index (χ3v) is 6.90. The van der Waals surface area contributed by atoms with E-state index < -0.39 is 44.9 Å². The Bertz CT molecular complexity index is 1060. The van der Waals surface area contributed by atoms with Crippen LogP contribution in [0.2, 0.25) is 0 Å². The summed E-state index contributed by atoms with van der Waals surface area (Å²) < 4.78 is 55.2. The van der Waals surface area contributed by atoms with Gasteiger partial charge in [0.25, 0.3) is 0 Å². The van der Waals surface area contributed by atoms with Gasteiger partial charge >= 0.3 is 0 Å². The second kappa shape index (κ2) is 8.11. The number of hydrogen-bond donors (Lipinski definition) is 3. The molecule has 1 aromatic heterocycles. The predicted molar refractivity (Wildman–Crippen MR) is 107 cm³/mol. The number of benzene rings is 1. The highest BCUT2D eigenvalue weighted by Crippen LogP contribution is 2.41. The molecule has 12 heteroatoms. The summed E-state index contributed by atoms with van der Waals surface area (Å²) in [6.45, 7) is 3.39. The molecule has 4 N–H and O–H groups in total. The first kappa shape index (κ1) is 21.2. The highest BCUT2D eigenvalue weighted by Gasteiger charge is 2.33. The molecule has 3 rings (SSSR count). The Morgan fingerprint density at radius 2 is 2.07 bits per heavy atom. The fourth-order valence-corrected chi connectivity index (χ4v) is 5.49. The van der Waals surface area contributed by atoms with Gasteiger partial charge in [-0.05, 0) is 18.1 Å². The Labute approximate surface area is 170 Å². The van der Waals surface area contributed by atoms with E-state index in [4.69, 9.17) is 5.73 Å². The number of aromatic nitrogens is 2. The molecule has 1 aromatic carbocycles. The molecular weight excluding hydrogens is 424 g/mol. The van der Waals surface area contributed by atoms with Crippen molar-refractivity contribution in [3.63, 3.8) is 0 Å². The number of amides is 1. The van der Waals surface area contributed by atoms with Gasteiger partial charge < -0.3 is 11.1 Å². The largest absolute Gasteiger partial charge is 0.383 e. The van der Waals surface area contributed by atoms with E-state index in [2.05, 4.69) is 20.0 Å². The molecule has 0 fully saturated rings. The van der Waals surface area contributed by atoms with Crippen LogP contribution in [0.1, 0.15) is 25.5 Å². The maximum atomic E-state index is 14.8. The molecule has 29 heavy (non-hydrogen) atoms. The Balaban J connectivity index is 1.85. The molecule has 1 aliphatic heterocycles. The van der Waals surface area contributed by atoms with Crippen LogP contribution in [0.25, 0.3) is 0 Å². The number of thioether (sulfide) groups is 1. The maximum Gasteiger partial charge on any atom is 0.234 e. The molecule has 8 nitrogen and oxygen atoms in total. The number of carbonyl (C=O) groups excluding carboxylic acids is 1. The molecule has 0 aliphatic carbocycles. The fraction of sp³-hybridized carbons (Fsp3) is 0.353. The number of nitrogens with one attached hydrogen (secondary N) is 2. The lowest BCUT2D eigenvalue weighted by Crippen LogP contribution is -2.24. The summed E-state index contributed by atoms with van der Waals surface area (Å²) in [6, 6.07) is 1.84. The number of anilines is 3. The first-order valence-corrected chi connectivity index (χ1v) is 11.3. The van der Waals surface area contributed by atoms with Crippen LogP contribution in [0, 0.1) is 17.6 Å². The number of hydrogen-bond acceptors (Lipinski definition) is 7. The minimum atomic E-state index is -3.83. The van der Waals surface area contributed by atoms with Crippen molar-refractivity contribution in [2.45, 2.75) is 24.7 Å². The zero-order valence-electron chi connectivity index (χ0n) is 15.6. The van der Waals surface area contributed by atoms with Crippen LogP contribution in [0.3, 0.4) is 0 Å². The Morgan fingerprint density at radius 1 is 1.34 bits per heavy atom. The van der Waals surface area contributed by atoms with Gasteiger partial charge in [0.1, 0.15) is 23.6 Å². The van der Waals surface area contributed by atoms with Crippen molar-refractivity contribution in [1.82, 2.24) is 9.97 Å². The second-order valence-corrected chi connectivity index (χ2v) is 9.68. The predicted octanol–water partition coefficient (Wildman–Crippen LogP) is 2.56. The van der Waals surface area contributed by atoms with E-state index in [1.165, 1.54) is 18.1 Å². The molecule has 0 saturated heterocycles. The van der Waals surface area contributed by atoms with Crippen molar-refractivity contribution in [2.24, 2.45) is 5.92 Å². The van der Waals surface area contributed by atoms with Crippen molar-refractivity contribution < 1.29 is 22.0 Å². The number of carbonyl (C=O) groups is 1. The number of sulfonamides is 1. The van der Waals surface area contributed by atoms with Gasteiger partial charge in [-0.15, -0.1) is 11.8 Å². The highest BCUT2D eigenvalue weighted by molar-refractivity contribution is 7.99. The second-order valence-electron chi connectivity index (χ2n) is 6.89. The molecule has 1 aliphatic rings. The van der Waals surface area contributed by atoms with E-state index in [1.807, 2.05) is 0 Å². The van der Waals surface area contributed by atoms with Crippen LogP contribution in [-0.4, -0.2) is 35.8 Å². The standard InChI is InChI=1S/C17H19F2N5O3S2/c1-8(2)6-29(26,27)24-11-4-3-10(18)14(12(11)19)23-17(25)9-5-28-15-13(9)21-7-22-16(15)20/h3-4,7-9,24H,5-6H2,1-2H3,(H,23,25)(H2,20,21,22). The van der Waals surface area contributed by atoms with Crippen molar-refractivity contribution in [3.8, 4) is 0 Å². The molecule has 1 atom stereocenters. The number of rotatable bonds is 6. The Kier molecular flexibility index (Phi) is 5.94. The van der Waals surface area contributed by atoms with Crippen LogP contribution in [-0.2, 0) is 14.8 Å². The topological polar surface area (TPSA) is 127 Å². The molecule has 0 spiro atoms. The third-order valence-electron chi connectivity index (χ3n) is 4.06. The van der Waals surface area contributed by atoms with Gasteiger partial charge in [-0.2, -0.15) is 0 Å². The van der Waals surface area contributed by atoms with Gasteiger partial charge in [-0.25, -0.2) is 27.2 Å². The zero-order valence-corrected chi connectivity index (χ0v) is 17.2. The van der Waals surface area contributed by atoms with E-state index in [9.17, 15) is 22.0 Å². The zero-order chi connectivity index (χ0) is 21.3. The SMILES string of the molecule is CC(C)CS(=O)(=O)Nc1ccc(F)c(NC(=O)C2CSc3c(N)ncnc32)c1F. The number of nitrogens with two attached hydrogens (primary N) is 1. The average molecular weight is 444 g/mol. The summed E-state index contributed by atoms with van der Waals surface area (Å²) in [5.41, 5.74) is 4.96. The average Bonchev–Trinajstić information content (AvgIpc) is 3.05. The van der Waals surface area contributed by atoms with Crippen LogP contribution in [0.4, 0.5) is 26.0 Å². The van der Waals surface area contributed by atoms with Crippen LogP contribution in [0.15, 0.2) is 23.4 Å². The van der Waals surface area contributed by atoms with Crippen molar-refractivity contribution >= 4 is 44.9 Å². The first-order valence-electron chi connectivity index (χ1n) is 8.61. The number of halogens is 2. The minimum Gasteiger partial charge on any atom is -0.383 e. The monoisotopic (exact) mass is 443 g/mol. The lowest BCUT2D eigenvalue weighted by Gasteiger charge is -2.15. The van der Waals surface area contributed by atoms with Gasteiger partial charge in [0.15, 0.2) is 5.82 Å². The van der Waals surface area contributed by atoms with Crippen LogP contribution in [0.5, 0.6) is 0 Å². The fourth-order valence-electron chi connectivity index (χ4n) is 2.85. The lowest BCUT2D eigenvalue weighted by atomic mass is 10.1. The van der Waals surface area contributed by atoms with Gasteiger partial charge in [-0.3, -0.25) is 9.52 Å². The quantitative estimate of drug-likeness (QED) is 0.626. The van der Waals surface area contributed by atoms with Crippen molar-refractivity contribution in [2.75, 3.05) is 27.3 Å². The molecule has 0 radical (unpaired) electrons. The Hall–Kier alpha value is -2.47. The number of nitrogen functional groups attached to an aromatic ring is 1. The molecule has 2 heterocycles. The normalized spacial score (nSPS) is 16.0. The highest BCUT2D eigenvalue weighted by atomic mass is 32.2. The molecule has 1 unspecified atom stereocenters. The molecule has 2 aromatic rings. The summed E-state index contributed by atoms with van der Waals surface area (Å²) in [5, 5.41) is 2.21. The minimum absolute atomic E-state index is 0.190. The van der Waals surface area contributed by atoms with E-state index in [0.717, 1.165) is 12.1 Å². The van der Waals surface area contributed by atoms with Gasteiger partial charge in [-0.1, -0.05) is 13.8 Å². The van der Waals surface area contributed by atoms with Crippen LogP contribution >= 0.6 is 11.8 Å². The molecule has 0 saturated carbocycles. The summed E-state index contributed by atoms with van der Waals surface area (Å²) in [7, 11) is -3.83. The van der Waals surface area contributed by atoms with Crippen molar-refractivity contribution in [1.29, 1.82) is 0 Å². The van der Waals surface area contributed by atoms with Gasteiger partial charge in [0.2, 0.25) is 15.9 Å². The lowest BCUT2D eigenvalue weighted by molar-refractivity contribution is -0.117. The molecule has 156 valence electrons. The Morgan fingerprint density at radius 3 is 2.76 bits per heavy atom. The summed E-state index contributed by atoms with van der Waals surface area (Å²) in [5.74, 6) is -3.61. The summed E-state index contributed by atoms with van der Waals surface area (Å²) >= 11 is 1.28. The van der Waals surface area contributed by atoms with E-state index in [0.29, 0.717) is 10.6 Å². The van der Waals surface area contributed by atoms with E-state index in [1.54, 1.807) is 13.8 Å². The van der Waals surface area contributed by atoms with Crippen molar-refractivity contribution in [3.05, 3.63) is 35.8 Å². The van der Waals surface area contributed by atoms with E-state index in [-0.39, 0.29) is 23.2 Å². The van der Waals surface area contributed by atoms with Crippen LogP contribution < -0.4 is 15.8 Å². The molecule has 0 bridgehead atoms. The smallest absolute Gasteiger partial charge is 0.234 e. The number of nitrogens with zero attached hydrogens (tertiary/aromatic N) is 2. The molecular formula is C17H19F2N5O3S2. The first-order chi connectivity index (χ1) is 13.6.